The van der Waals surface area contributed by atoms with Crippen molar-refractivity contribution in [3.8, 4) is 5.75 Å². The predicted octanol–water partition coefficient (Wildman–Crippen LogP) is 5.19. The van der Waals surface area contributed by atoms with E-state index in [0.717, 1.165) is 15.4 Å². The number of benzene rings is 2. The van der Waals surface area contributed by atoms with Crippen molar-refractivity contribution in [2.75, 3.05) is 13.2 Å². The Labute approximate surface area is 205 Å². The van der Waals surface area contributed by atoms with Crippen LogP contribution in [0.3, 0.4) is 0 Å². The number of nitrogens with zero attached hydrogens (tertiary/aromatic N) is 1. The molecule has 0 aliphatic carbocycles. The van der Waals surface area contributed by atoms with E-state index in [0.29, 0.717) is 17.5 Å². The Morgan fingerprint density at radius 3 is 2.56 bits per heavy atom. The van der Waals surface area contributed by atoms with Crippen LogP contribution in [-0.2, 0) is 22.5 Å². The number of nitrogen functional groups attached to an aromatic ring is 1. The molecule has 10 heteroatoms. The molecule has 1 atom stereocenters. The third kappa shape index (κ3) is 6.31. The zero-order chi connectivity index (χ0) is 24.7. The van der Waals surface area contributed by atoms with Gasteiger partial charge >= 0.3 is 0 Å². The molecule has 2 aromatic carbocycles. The fourth-order valence-corrected chi connectivity index (χ4v) is 4.13. The molecule has 1 heterocycles. The molecule has 0 saturated carbocycles. The number of nitrogens with two attached hydrogens (primary N) is 1. The molecule has 0 fully saturated rings. The van der Waals surface area contributed by atoms with Crippen molar-refractivity contribution in [3.63, 3.8) is 0 Å². The zero-order valence-corrected chi connectivity index (χ0v) is 20.0. The van der Waals surface area contributed by atoms with E-state index in [-0.39, 0.29) is 31.3 Å². The minimum Gasteiger partial charge on any atom is -0.490 e. The highest BCUT2D eigenvalue weighted by Crippen LogP contribution is 2.32. The highest BCUT2D eigenvalue weighted by atomic mass is 35.5. The Kier molecular flexibility index (Phi) is 8.98. The molecule has 180 valence electrons. The molecule has 0 spiro atoms. The number of carbonyl (C=O) groups excluding carboxylic acids is 1. The fraction of sp³-hybridized carbons (Fsp3) is 0.250. The molecule has 3 rings (SSSR count). The molecule has 1 unspecified atom stereocenters. The topological polar surface area (TPSA) is 88.6 Å². The largest absolute Gasteiger partial charge is 0.490 e. The number of hydrogen-bond acceptors (Lipinski definition) is 5. The van der Waals surface area contributed by atoms with Gasteiger partial charge in [-0.05, 0) is 36.1 Å². The third-order valence-electron chi connectivity index (χ3n) is 4.92. The van der Waals surface area contributed by atoms with Gasteiger partial charge in [-0.25, -0.2) is 13.2 Å². The maximum Gasteiger partial charge on any atom is 0.271 e. The quantitative estimate of drug-likeness (QED) is 0.212. The molecule has 3 N–H and O–H groups in total. The molecular weight excluding hydrogens is 484 g/mol. The first-order valence-electron chi connectivity index (χ1n) is 10.5. The van der Waals surface area contributed by atoms with Crippen LogP contribution in [0.2, 0.25) is 0 Å². The zero-order valence-electron chi connectivity index (χ0n) is 18.4. The van der Waals surface area contributed by atoms with E-state index in [2.05, 4.69) is 0 Å². The minimum absolute atomic E-state index is 0.0246. The summed E-state index contributed by atoms with van der Waals surface area (Å²) in [4.78, 5) is 14.1. The van der Waals surface area contributed by atoms with Gasteiger partial charge in [-0.2, -0.15) is 0 Å². The smallest absolute Gasteiger partial charge is 0.271 e. The molecule has 0 radical (unpaired) electrons. The van der Waals surface area contributed by atoms with Crippen LogP contribution in [-0.4, -0.2) is 29.4 Å². The maximum atomic E-state index is 15.3. The first kappa shape index (κ1) is 25.6. The van der Waals surface area contributed by atoms with E-state index in [1.165, 1.54) is 6.07 Å². The number of halogens is 3. The van der Waals surface area contributed by atoms with Crippen LogP contribution in [0.5, 0.6) is 5.75 Å². The normalized spacial score (nSPS) is 11.8. The summed E-state index contributed by atoms with van der Waals surface area (Å²) in [5.74, 6) is -3.04. The summed E-state index contributed by atoms with van der Waals surface area (Å²) in [6, 6.07) is 12.6. The number of rotatable bonds is 11. The minimum atomic E-state index is -1.60. The van der Waals surface area contributed by atoms with E-state index in [4.69, 9.17) is 32.4 Å². The number of ether oxygens (including phenoxy) is 2. The van der Waals surface area contributed by atoms with Gasteiger partial charge in [0.15, 0.2) is 17.7 Å². The van der Waals surface area contributed by atoms with Crippen molar-refractivity contribution in [2.45, 2.75) is 26.0 Å². The summed E-state index contributed by atoms with van der Waals surface area (Å²) >= 11 is 7.75. The Morgan fingerprint density at radius 1 is 1.21 bits per heavy atom. The van der Waals surface area contributed by atoms with Gasteiger partial charge < -0.3 is 15.2 Å². The predicted molar refractivity (Wildman–Crippen MR) is 128 cm³/mol. The summed E-state index contributed by atoms with van der Waals surface area (Å²) < 4.78 is 41.7. The third-order valence-corrected chi connectivity index (χ3v) is 6.14. The lowest BCUT2D eigenvalue weighted by Crippen LogP contribution is -2.30. The lowest BCUT2D eigenvalue weighted by Gasteiger charge is -2.23. The maximum absolute atomic E-state index is 15.3. The highest BCUT2D eigenvalue weighted by Gasteiger charge is 2.32. The molecule has 1 aromatic heterocycles. The Hall–Kier alpha value is -3.01. The second kappa shape index (κ2) is 11.9. The van der Waals surface area contributed by atoms with Gasteiger partial charge in [0.25, 0.3) is 5.91 Å². The van der Waals surface area contributed by atoms with E-state index >= 15 is 4.39 Å². The van der Waals surface area contributed by atoms with Crippen LogP contribution in [0, 0.1) is 17.0 Å². The first-order chi connectivity index (χ1) is 16.3. The van der Waals surface area contributed by atoms with Gasteiger partial charge in [-0.3, -0.25) is 10.2 Å². The summed E-state index contributed by atoms with van der Waals surface area (Å²) in [6.45, 7) is 1.77. The number of carbonyl (C=O) groups is 1. The molecule has 3 aromatic rings. The van der Waals surface area contributed by atoms with E-state index in [1.54, 1.807) is 42.5 Å². The van der Waals surface area contributed by atoms with Crippen LogP contribution < -0.4 is 10.5 Å². The van der Waals surface area contributed by atoms with Crippen LogP contribution >= 0.6 is 23.1 Å². The summed E-state index contributed by atoms with van der Waals surface area (Å²) in [5.41, 5.74) is 6.04. The molecule has 1 amide bonds. The number of amides is 1. The second-order valence-corrected chi connectivity index (χ2v) is 8.70. The fourth-order valence-electron chi connectivity index (χ4n) is 3.22. The van der Waals surface area contributed by atoms with Crippen molar-refractivity contribution in [2.24, 2.45) is 5.73 Å². The van der Waals surface area contributed by atoms with Gasteiger partial charge in [0, 0.05) is 35.2 Å². The Morgan fingerprint density at radius 2 is 1.94 bits per heavy atom. The van der Waals surface area contributed by atoms with E-state index < -0.39 is 29.2 Å². The van der Waals surface area contributed by atoms with Crippen LogP contribution in [0.1, 0.15) is 34.6 Å². The van der Waals surface area contributed by atoms with E-state index in [1.807, 2.05) is 17.5 Å². The Bertz CT molecular complexity index is 1130. The van der Waals surface area contributed by atoms with Crippen LogP contribution in [0.15, 0.2) is 53.9 Å². The lowest BCUT2D eigenvalue weighted by molar-refractivity contribution is -0.139. The standard InChI is InChI=1S/C24H24ClF2N3O3S/c1-2-32-22(24(31)30(25)14-15-5-7-16(8-6-15)23(28)29)20-18(26)9-10-19(21(20)27)33-12-11-17-4-3-13-34-17/h3-10,13,22H,2,11-12,14H2,1H3,(H3,28,29). The van der Waals surface area contributed by atoms with Crippen molar-refractivity contribution in [1.29, 1.82) is 5.41 Å². The van der Waals surface area contributed by atoms with Gasteiger partial charge in [-0.1, -0.05) is 30.3 Å². The van der Waals surface area contributed by atoms with Gasteiger partial charge in [0.05, 0.1) is 18.7 Å². The van der Waals surface area contributed by atoms with Gasteiger partial charge in [-0.15, -0.1) is 11.3 Å². The molecule has 0 bridgehead atoms. The number of nitrogens with one attached hydrogen (secondary N) is 1. The summed E-state index contributed by atoms with van der Waals surface area (Å²) in [5, 5.41) is 9.37. The SMILES string of the molecule is CCOC(C(=O)N(Cl)Cc1ccc(C(=N)N)cc1)c1c(F)ccc(OCCc2cccs2)c1F. The number of amidine groups is 1. The molecule has 0 aliphatic rings. The molecule has 0 aliphatic heterocycles. The average Bonchev–Trinajstić information content (AvgIpc) is 3.33. The van der Waals surface area contributed by atoms with Crippen molar-refractivity contribution >= 4 is 34.9 Å². The molecule has 6 nitrogen and oxygen atoms in total. The molecule has 0 saturated heterocycles. The average molecular weight is 508 g/mol. The molecular formula is C24H24ClF2N3O3S. The first-order valence-corrected chi connectivity index (χ1v) is 11.7. The van der Waals surface area contributed by atoms with Gasteiger partial charge in [0.1, 0.15) is 11.7 Å². The molecule has 34 heavy (non-hydrogen) atoms. The summed E-state index contributed by atoms with van der Waals surface area (Å²) in [7, 11) is 0. The van der Waals surface area contributed by atoms with Crippen LogP contribution in [0.25, 0.3) is 0 Å². The van der Waals surface area contributed by atoms with E-state index in [9.17, 15) is 9.18 Å². The van der Waals surface area contributed by atoms with Crippen molar-refractivity contribution in [1.82, 2.24) is 4.42 Å². The van der Waals surface area contributed by atoms with Gasteiger partial charge in [0.2, 0.25) is 0 Å². The Balaban J connectivity index is 1.77. The monoisotopic (exact) mass is 507 g/mol. The second-order valence-electron chi connectivity index (χ2n) is 7.26. The van der Waals surface area contributed by atoms with Crippen LogP contribution in [0.4, 0.5) is 8.78 Å². The van der Waals surface area contributed by atoms with Crippen molar-refractivity contribution < 1.29 is 23.0 Å². The summed E-state index contributed by atoms with van der Waals surface area (Å²) in [6.07, 6.45) is -1.03. The highest BCUT2D eigenvalue weighted by molar-refractivity contribution is 7.09. The number of thiophene rings is 1. The number of hydrogen-bond donors (Lipinski definition) is 2. The lowest BCUT2D eigenvalue weighted by atomic mass is 10.1. The van der Waals surface area contributed by atoms with Crippen molar-refractivity contribution in [3.05, 3.63) is 87.1 Å².